The Balaban J connectivity index is 2.09. The molecule has 2 aromatic rings. The molecule has 0 heterocycles. The predicted octanol–water partition coefficient (Wildman–Crippen LogP) is 3.57. The average molecular weight is 294 g/mol. The Bertz CT molecular complexity index is 573. The van der Waals surface area contributed by atoms with Gasteiger partial charge in [-0.1, -0.05) is 29.8 Å². The van der Waals surface area contributed by atoms with E-state index in [4.69, 9.17) is 5.84 Å². The largest absolute Gasteiger partial charge is 0.271 e. The third kappa shape index (κ3) is 3.56. The van der Waals surface area contributed by atoms with Gasteiger partial charge < -0.3 is 0 Å². The van der Waals surface area contributed by atoms with Crippen LogP contribution < -0.4 is 11.3 Å². The minimum atomic E-state index is -0.858. The maximum atomic E-state index is 13.7. The lowest BCUT2D eigenvalue weighted by molar-refractivity contribution is 0.478. The van der Waals surface area contributed by atoms with Crippen molar-refractivity contribution >= 4 is 11.8 Å². The molecule has 0 fully saturated rings. The molecular formula is C15H16F2N2S. The van der Waals surface area contributed by atoms with Gasteiger partial charge in [0.25, 0.3) is 0 Å². The van der Waals surface area contributed by atoms with Gasteiger partial charge in [0, 0.05) is 16.2 Å². The molecule has 2 rings (SSSR count). The highest BCUT2D eigenvalue weighted by Gasteiger charge is 2.17. The van der Waals surface area contributed by atoms with Gasteiger partial charge in [0.1, 0.15) is 0 Å². The zero-order valence-corrected chi connectivity index (χ0v) is 11.9. The summed E-state index contributed by atoms with van der Waals surface area (Å²) in [4.78, 5) is 1.06. The lowest BCUT2D eigenvalue weighted by atomic mass is 10.1. The number of hydrogen-bond donors (Lipinski definition) is 2. The molecule has 5 heteroatoms. The first kappa shape index (κ1) is 15.0. The summed E-state index contributed by atoms with van der Waals surface area (Å²) in [5, 5.41) is 0. The summed E-state index contributed by atoms with van der Waals surface area (Å²) in [7, 11) is 0. The maximum Gasteiger partial charge on any atom is 0.163 e. The maximum absolute atomic E-state index is 13.7. The molecular weight excluding hydrogens is 278 g/mol. The fourth-order valence-corrected chi connectivity index (χ4v) is 2.79. The van der Waals surface area contributed by atoms with E-state index in [0.717, 1.165) is 11.0 Å². The Hall–Kier alpha value is -1.43. The van der Waals surface area contributed by atoms with Crippen LogP contribution in [0.4, 0.5) is 8.78 Å². The Labute approximate surface area is 121 Å². The zero-order chi connectivity index (χ0) is 14.5. The standard InChI is InChI=1S/C15H16F2N2S/c1-10-5-7-11(8-6-10)20-9-14(19-18)12-3-2-4-13(16)15(12)17/h2-8,14,19H,9,18H2,1H3. The van der Waals surface area contributed by atoms with E-state index in [9.17, 15) is 8.78 Å². The van der Waals surface area contributed by atoms with Crippen molar-refractivity contribution < 1.29 is 8.78 Å². The zero-order valence-electron chi connectivity index (χ0n) is 11.1. The van der Waals surface area contributed by atoms with Crippen LogP contribution in [0.15, 0.2) is 47.4 Å². The summed E-state index contributed by atoms with van der Waals surface area (Å²) in [6.45, 7) is 2.01. The van der Waals surface area contributed by atoms with Gasteiger partial charge >= 0.3 is 0 Å². The molecule has 2 nitrogen and oxygen atoms in total. The molecule has 0 aliphatic rings. The molecule has 0 saturated carbocycles. The van der Waals surface area contributed by atoms with E-state index >= 15 is 0 Å². The lowest BCUT2D eigenvalue weighted by Crippen LogP contribution is -2.30. The first-order valence-electron chi connectivity index (χ1n) is 6.21. The van der Waals surface area contributed by atoms with Crippen LogP contribution in [-0.4, -0.2) is 5.75 Å². The number of rotatable bonds is 5. The van der Waals surface area contributed by atoms with Crippen molar-refractivity contribution in [1.82, 2.24) is 5.43 Å². The van der Waals surface area contributed by atoms with E-state index in [1.54, 1.807) is 6.07 Å². The summed E-state index contributed by atoms with van der Waals surface area (Å²) >= 11 is 1.54. The molecule has 0 aliphatic heterocycles. The molecule has 1 unspecified atom stereocenters. The van der Waals surface area contributed by atoms with Crippen LogP contribution >= 0.6 is 11.8 Å². The Morgan fingerprint density at radius 3 is 2.50 bits per heavy atom. The van der Waals surface area contributed by atoms with E-state index in [0.29, 0.717) is 5.75 Å². The number of hydrazine groups is 1. The highest BCUT2D eigenvalue weighted by atomic mass is 32.2. The summed E-state index contributed by atoms with van der Waals surface area (Å²) in [6.07, 6.45) is 0. The molecule has 2 aromatic carbocycles. The van der Waals surface area contributed by atoms with Gasteiger partial charge in [-0.25, -0.2) is 8.78 Å². The van der Waals surface area contributed by atoms with Crippen molar-refractivity contribution in [3.63, 3.8) is 0 Å². The third-order valence-corrected chi connectivity index (χ3v) is 4.10. The van der Waals surface area contributed by atoms with E-state index < -0.39 is 17.7 Å². The summed E-state index contributed by atoms with van der Waals surface area (Å²) in [5.41, 5.74) is 3.96. The minimum Gasteiger partial charge on any atom is -0.271 e. The Kier molecular flexibility index (Phi) is 5.11. The summed E-state index contributed by atoms with van der Waals surface area (Å²) in [6, 6.07) is 11.7. The van der Waals surface area contributed by atoms with Gasteiger partial charge in [0.05, 0.1) is 6.04 Å². The van der Waals surface area contributed by atoms with Crippen LogP contribution in [-0.2, 0) is 0 Å². The first-order chi connectivity index (χ1) is 9.61. The second-order valence-corrected chi connectivity index (χ2v) is 5.58. The van der Waals surface area contributed by atoms with Crippen molar-refractivity contribution in [3.8, 4) is 0 Å². The molecule has 0 radical (unpaired) electrons. The number of nitrogens with one attached hydrogen (secondary N) is 1. The second kappa shape index (κ2) is 6.83. The lowest BCUT2D eigenvalue weighted by Gasteiger charge is -2.17. The molecule has 0 amide bonds. The van der Waals surface area contributed by atoms with E-state index in [2.05, 4.69) is 5.43 Å². The van der Waals surface area contributed by atoms with Crippen molar-refractivity contribution in [1.29, 1.82) is 0 Å². The Morgan fingerprint density at radius 1 is 1.15 bits per heavy atom. The molecule has 1 atom stereocenters. The fourth-order valence-electron chi connectivity index (χ4n) is 1.83. The number of halogens is 2. The molecule has 106 valence electrons. The van der Waals surface area contributed by atoms with E-state index in [1.807, 2.05) is 31.2 Å². The van der Waals surface area contributed by atoms with Crippen LogP contribution in [0.5, 0.6) is 0 Å². The van der Waals surface area contributed by atoms with Gasteiger partial charge in [-0.2, -0.15) is 0 Å². The van der Waals surface area contributed by atoms with Crippen LogP contribution in [0.3, 0.4) is 0 Å². The molecule has 0 saturated heterocycles. The van der Waals surface area contributed by atoms with Crippen LogP contribution in [0.1, 0.15) is 17.2 Å². The van der Waals surface area contributed by atoms with Crippen LogP contribution in [0.25, 0.3) is 0 Å². The molecule has 0 aromatic heterocycles. The van der Waals surface area contributed by atoms with Crippen molar-refractivity contribution in [3.05, 3.63) is 65.2 Å². The highest BCUT2D eigenvalue weighted by molar-refractivity contribution is 7.99. The molecule has 0 spiro atoms. The highest BCUT2D eigenvalue weighted by Crippen LogP contribution is 2.26. The third-order valence-electron chi connectivity index (χ3n) is 3.00. The number of aryl methyl sites for hydroxylation is 1. The van der Waals surface area contributed by atoms with Gasteiger partial charge in [-0.15, -0.1) is 11.8 Å². The number of hydrogen-bond acceptors (Lipinski definition) is 3. The number of nitrogens with two attached hydrogens (primary N) is 1. The SMILES string of the molecule is Cc1ccc(SCC(NN)c2cccc(F)c2F)cc1. The van der Waals surface area contributed by atoms with Gasteiger partial charge in [-0.3, -0.25) is 11.3 Å². The first-order valence-corrected chi connectivity index (χ1v) is 7.20. The number of thioether (sulfide) groups is 1. The summed E-state index contributed by atoms with van der Waals surface area (Å²) in [5.74, 6) is 4.27. The smallest absolute Gasteiger partial charge is 0.163 e. The topological polar surface area (TPSA) is 38.0 Å². The quantitative estimate of drug-likeness (QED) is 0.503. The molecule has 0 aliphatic carbocycles. The minimum absolute atomic E-state index is 0.243. The van der Waals surface area contributed by atoms with Crippen molar-refractivity contribution in [2.24, 2.45) is 5.84 Å². The summed E-state index contributed by atoms with van der Waals surface area (Å²) < 4.78 is 27.0. The normalized spacial score (nSPS) is 12.4. The fraction of sp³-hybridized carbons (Fsp3) is 0.200. The monoisotopic (exact) mass is 294 g/mol. The Morgan fingerprint density at radius 2 is 1.85 bits per heavy atom. The van der Waals surface area contributed by atoms with E-state index in [-0.39, 0.29) is 5.56 Å². The van der Waals surface area contributed by atoms with Crippen LogP contribution in [0, 0.1) is 18.6 Å². The van der Waals surface area contributed by atoms with Gasteiger partial charge in [0.2, 0.25) is 0 Å². The van der Waals surface area contributed by atoms with Crippen molar-refractivity contribution in [2.45, 2.75) is 17.9 Å². The van der Waals surface area contributed by atoms with Gasteiger partial charge in [0.15, 0.2) is 11.6 Å². The predicted molar refractivity (Wildman–Crippen MR) is 78.3 cm³/mol. The van der Waals surface area contributed by atoms with Crippen LogP contribution in [0.2, 0.25) is 0 Å². The van der Waals surface area contributed by atoms with Gasteiger partial charge in [-0.05, 0) is 25.1 Å². The molecule has 0 bridgehead atoms. The second-order valence-electron chi connectivity index (χ2n) is 4.49. The number of benzene rings is 2. The molecule has 3 N–H and O–H groups in total. The van der Waals surface area contributed by atoms with E-state index in [1.165, 1.54) is 23.4 Å². The average Bonchev–Trinajstić information content (AvgIpc) is 2.45. The van der Waals surface area contributed by atoms with Crippen molar-refractivity contribution in [2.75, 3.05) is 5.75 Å². The molecule has 20 heavy (non-hydrogen) atoms.